The molecule has 136 valence electrons. The molecule has 0 aromatic heterocycles. The fraction of sp³-hybridized carbons (Fsp3) is 0.300. The molecular weight excluding hydrogens is 366 g/mol. The summed E-state index contributed by atoms with van der Waals surface area (Å²) in [4.78, 5) is 19.5. The van der Waals surface area contributed by atoms with Crippen LogP contribution in [0.2, 0.25) is 5.02 Å². The number of amides is 2. The largest absolute Gasteiger partial charge is 0.332 e. The van der Waals surface area contributed by atoms with Crippen LogP contribution in [0, 0.1) is 13.8 Å². The number of rotatable bonds is 2. The zero-order valence-electron chi connectivity index (χ0n) is 15.3. The molecule has 1 aliphatic rings. The van der Waals surface area contributed by atoms with E-state index in [1.807, 2.05) is 44.2 Å². The predicted molar refractivity (Wildman–Crippen MR) is 113 cm³/mol. The Hall–Kier alpha value is -1.98. The standard InChI is InChI=1S/C20H22ClN3OS/c1-13-7-5-10-17(14(13)2)24(19-22-12-20(3,4)26-19)18(25)23-16-9-6-8-15(21)11-16/h5-11H,12H2,1-4H3,(H,23,25). The lowest BCUT2D eigenvalue weighted by molar-refractivity contribution is 0.259. The van der Waals surface area contributed by atoms with Crippen molar-refractivity contribution < 1.29 is 4.79 Å². The van der Waals surface area contributed by atoms with Crippen molar-refractivity contribution >= 4 is 45.9 Å². The third kappa shape index (κ3) is 4.05. The van der Waals surface area contributed by atoms with Crippen molar-refractivity contribution in [3.05, 3.63) is 58.6 Å². The molecule has 2 amide bonds. The third-order valence-corrected chi connectivity index (χ3v) is 5.66. The number of carbonyl (C=O) groups excluding carboxylic acids is 1. The Morgan fingerprint density at radius 3 is 2.62 bits per heavy atom. The van der Waals surface area contributed by atoms with Crippen molar-refractivity contribution in [3.63, 3.8) is 0 Å². The molecule has 0 atom stereocenters. The molecule has 1 N–H and O–H groups in total. The van der Waals surface area contributed by atoms with Gasteiger partial charge >= 0.3 is 6.03 Å². The molecule has 0 unspecified atom stereocenters. The van der Waals surface area contributed by atoms with Gasteiger partial charge in [0.25, 0.3) is 0 Å². The molecule has 2 aromatic rings. The van der Waals surface area contributed by atoms with E-state index in [0.29, 0.717) is 22.4 Å². The first-order valence-electron chi connectivity index (χ1n) is 8.43. The molecule has 0 bridgehead atoms. The molecule has 0 saturated heterocycles. The van der Waals surface area contributed by atoms with Gasteiger partial charge in [-0.1, -0.05) is 41.6 Å². The molecule has 1 heterocycles. The van der Waals surface area contributed by atoms with Gasteiger partial charge in [-0.05, 0) is 63.1 Å². The lowest BCUT2D eigenvalue weighted by Gasteiger charge is -2.26. The minimum absolute atomic E-state index is 0.0261. The number of halogens is 1. The molecule has 0 aliphatic carbocycles. The highest BCUT2D eigenvalue weighted by Crippen LogP contribution is 2.36. The van der Waals surface area contributed by atoms with Gasteiger partial charge in [-0.3, -0.25) is 4.99 Å². The fourth-order valence-corrected chi connectivity index (χ4v) is 3.92. The number of urea groups is 1. The first-order valence-corrected chi connectivity index (χ1v) is 9.63. The number of thioether (sulfide) groups is 1. The van der Waals surface area contributed by atoms with Crippen LogP contribution in [0.15, 0.2) is 47.5 Å². The Bertz CT molecular complexity index is 879. The maximum atomic E-state index is 13.2. The summed E-state index contributed by atoms with van der Waals surface area (Å²) in [5, 5.41) is 4.23. The number of benzene rings is 2. The molecule has 0 saturated carbocycles. The first-order chi connectivity index (χ1) is 12.3. The molecule has 1 aliphatic heterocycles. The van der Waals surface area contributed by atoms with Crippen LogP contribution in [0.3, 0.4) is 0 Å². The van der Waals surface area contributed by atoms with E-state index in [1.165, 1.54) is 0 Å². The highest BCUT2D eigenvalue weighted by Gasteiger charge is 2.34. The molecule has 0 radical (unpaired) electrons. The fourth-order valence-electron chi connectivity index (χ4n) is 2.71. The Balaban J connectivity index is 1.98. The van der Waals surface area contributed by atoms with Crippen LogP contribution in [-0.2, 0) is 0 Å². The maximum Gasteiger partial charge on any atom is 0.332 e. The van der Waals surface area contributed by atoms with Crippen molar-refractivity contribution in [3.8, 4) is 0 Å². The van der Waals surface area contributed by atoms with Crippen LogP contribution < -0.4 is 10.2 Å². The zero-order chi connectivity index (χ0) is 18.9. The smallest absolute Gasteiger partial charge is 0.307 e. The molecule has 0 spiro atoms. The molecule has 26 heavy (non-hydrogen) atoms. The van der Waals surface area contributed by atoms with Crippen LogP contribution in [0.25, 0.3) is 0 Å². The number of anilines is 2. The predicted octanol–water partition coefficient (Wildman–Crippen LogP) is 5.88. The van der Waals surface area contributed by atoms with E-state index in [1.54, 1.807) is 28.8 Å². The number of nitrogens with zero attached hydrogens (tertiary/aromatic N) is 2. The lowest BCUT2D eigenvalue weighted by Crippen LogP contribution is -2.39. The van der Waals surface area contributed by atoms with E-state index in [2.05, 4.69) is 24.2 Å². The Kier molecular flexibility index (Phi) is 5.30. The minimum atomic E-state index is -0.245. The van der Waals surface area contributed by atoms with Gasteiger partial charge < -0.3 is 5.32 Å². The van der Waals surface area contributed by atoms with Gasteiger partial charge in [0.2, 0.25) is 0 Å². The van der Waals surface area contributed by atoms with Gasteiger partial charge in [-0.2, -0.15) is 0 Å². The average molecular weight is 388 g/mol. The summed E-state index contributed by atoms with van der Waals surface area (Å²) in [5.74, 6) is 0. The van der Waals surface area contributed by atoms with Gasteiger partial charge in [0.15, 0.2) is 5.17 Å². The first kappa shape index (κ1) is 18.8. The van der Waals surface area contributed by atoms with Crippen LogP contribution in [0.1, 0.15) is 25.0 Å². The second kappa shape index (κ2) is 7.33. The van der Waals surface area contributed by atoms with Crippen molar-refractivity contribution in [1.82, 2.24) is 0 Å². The Labute approximate surface area is 163 Å². The van der Waals surface area contributed by atoms with Gasteiger partial charge in [-0.15, -0.1) is 0 Å². The van der Waals surface area contributed by atoms with E-state index in [0.717, 1.165) is 16.8 Å². The summed E-state index contributed by atoms with van der Waals surface area (Å²) >= 11 is 7.66. The Morgan fingerprint density at radius 2 is 1.96 bits per heavy atom. The maximum absolute atomic E-state index is 13.2. The average Bonchev–Trinajstić information content (AvgIpc) is 2.91. The summed E-state index contributed by atoms with van der Waals surface area (Å²) < 4.78 is -0.0261. The van der Waals surface area contributed by atoms with Crippen molar-refractivity contribution in [2.24, 2.45) is 4.99 Å². The topological polar surface area (TPSA) is 44.7 Å². The molecule has 3 rings (SSSR count). The highest BCUT2D eigenvalue weighted by atomic mass is 35.5. The van der Waals surface area contributed by atoms with Crippen molar-refractivity contribution in [2.75, 3.05) is 16.8 Å². The molecule has 4 nitrogen and oxygen atoms in total. The van der Waals surface area contributed by atoms with E-state index in [-0.39, 0.29) is 10.8 Å². The monoisotopic (exact) mass is 387 g/mol. The van der Waals surface area contributed by atoms with Gasteiger partial charge in [-0.25, -0.2) is 9.69 Å². The summed E-state index contributed by atoms with van der Waals surface area (Å²) in [6.07, 6.45) is 0. The molecular formula is C20H22ClN3OS. The summed E-state index contributed by atoms with van der Waals surface area (Å²) in [6.45, 7) is 9.00. The second-order valence-electron chi connectivity index (χ2n) is 6.96. The summed E-state index contributed by atoms with van der Waals surface area (Å²) in [5.41, 5.74) is 3.68. The van der Waals surface area contributed by atoms with Crippen molar-refractivity contribution in [2.45, 2.75) is 32.4 Å². The van der Waals surface area contributed by atoms with Crippen LogP contribution in [0.4, 0.5) is 16.2 Å². The van der Waals surface area contributed by atoms with Crippen LogP contribution >= 0.6 is 23.4 Å². The number of aliphatic imine (C=N–C) groups is 1. The third-order valence-electron chi connectivity index (χ3n) is 4.25. The van der Waals surface area contributed by atoms with Gasteiger partial charge in [0, 0.05) is 15.5 Å². The number of hydrogen-bond donors (Lipinski definition) is 1. The SMILES string of the molecule is Cc1cccc(N(C(=O)Nc2cccc(Cl)c2)C2=NCC(C)(C)S2)c1C. The number of aryl methyl sites for hydroxylation is 1. The van der Waals surface area contributed by atoms with E-state index < -0.39 is 0 Å². The quantitative estimate of drug-likeness (QED) is 0.699. The van der Waals surface area contributed by atoms with Crippen LogP contribution in [0.5, 0.6) is 0 Å². The minimum Gasteiger partial charge on any atom is -0.307 e. The van der Waals surface area contributed by atoms with E-state index in [9.17, 15) is 4.79 Å². The number of nitrogens with one attached hydrogen (secondary N) is 1. The van der Waals surface area contributed by atoms with E-state index >= 15 is 0 Å². The molecule has 2 aromatic carbocycles. The van der Waals surface area contributed by atoms with Crippen molar-refractivity contribution in [1.29, 1.82) is 0 Å². The number of carbonyl (C=O) groups is 1. The van der Waals surface area contributed by atoms with Gasteiger partial charge in [0.1, 0.15) is 0 Å². The molecule has 6 heteroatoms. The van der Waals surface area contributed by atoms with Crippen LogP contribution in [-0.4, -0.2) is 22.5 Å². The van der Waals surface area contributed by atoms with E-state index in [4.69, 9.17) is 11.6 Å². The molecule has 0 fully saturated rings. The number of hydrogen-bond acceptors (Lipinski definition) is 3. The summed E-state index contributed by atoms with van der Waals surface area (Å²) in [6, 6.07) is 12.8. The highest BCUT2D eigenvalue weighted by molar-refractivity contribution is 8.15. The lowest BCUT2D eigenvalue weighted by atomic mass is 10.1. The second-order valence-corrected chi connectivity index (χ2v) is 9.07. The normalized spacial score (nSPS) is 15.5. The zero-order valence-corrected chi connectivity index (χ0v) is 16.9. The number of amidine groups is 1. The Morgan fingerprint density at radius 1 is 1.23 bits per heavy atom. The van der Waals surface area contributed by atoms with Gasteiger partial charge in [0.05, 0.1) is 12.2 Å². The summed E-state index contributed by atoms with van der Waals surface area (Å²) in [7, 11) is 0.